The molecule has 0 saturated heterocycles. The number of halogens is 1. The minimum absolute atomic E-state index is 0.157. The third-order valence-electron chi connectivity index (χ3n) is 5.18. The van der Waals surface area contributed by atoms with Crippen LogP contribution in [0.15, 0.2) is 68.5 Å². The molecule has 5 aromatic rings. The first-order valence-electron chi connectivity index (χ1n) is 9.50. The molecular formula is C23H16BrN3O3S. The topological polar surface area (TPSA) is 77.1 Å². The number of hydrogen-bond acceptors (Lipinski definition) is 5. The molecule has 8 heteroatoms. The molecule has 6 nitrogen and oxygen atoms in total. The van der Waals surface area contributed by atoms with E-state index in [9.17, 15) is 9.59 Å². The summed E-state index contributed by atoms with van der Waals surface area (Å²) in [7, 11) is 0. The van der Waals surface area contributed by atoms with Gasteiger partial charge in [0.05, 0.1) is 5.39 Å². The highest BCUT2D eigenvalue weighted by Crippen LogP contribution is 2.35. The van der Waals surface area contributed by atoms with E-state index in [1.165, 1.54) is 17.7 Å². The van der Waals surface area contributed by atoms with Crippen molar-refractivity contribution in [3.8, 4) is 11.1 Å². The van der Waals surface area contributed by atoms with Crippen molar-refractivity contribution in [3.05, 3.63) is 85.9 Å². The van der Waals surface area contributed by atoms with E-state index < -0.39 is 5.91 Å². The highest BCUT2D eigenvalue weighted by atomic mass is 79.9. The van der Waals surface area contributed by atoms with E-state index in [2.05, 4.69) is 26.3 Å². The lowest BCUT2D eigenvalue weighted by atomic mass is 10.0. The van der Waals surface area contributed by atoms with Crippen LogP contribution < -0.4 is 11.0 Å². The molecule has 0 saturated carbocycles. The maximum Gasteiger partial charge on any atom is 0.306 e. The minimum atomic E-state index is -0.513. The van der Waals surface area contributed by atoms with Gasteiger partial charge in [0.2, 0.25) is 0 Å². The highest BCUT2D eigenvalue weighted by molar-refractivity contribution is 9.10. The smallest absolute Gasteiger partial charge is 0.306 e. The van der Waals surface area contributed by atoms with Crippen LogP contribution in [0, 0.1) is 13.8 Å². The Bertz CT molecular complexity index is 1530. The number of carbonyl (C=O) groups excluding carboxylic acids is 1. The van der Waals surface area contributed by atoms with Crippen molar-refractivity contribution in [2.45, 2.75) is 13.8 Å². The summed E-state index contributed by atoms with van der Waals surface area (Å²) < 4.78 is 7.75. The Labute approximate surface area is 189 Å². The first kappa shape index (κ1) is 19.7. The molecule has 0 fully saturated rings. The van der Waals surface area contributed by atoms with Gasteiger partial charge in [0, 0.05) is 25.9 Å². The quantitative estimate of drug-likeness (QED) is 0.353. The van der Waals surface area contributed by atoms with Crippen molar-refractivity contribution < 1.29 is 9.21 Å². The zero-order valence-electron chi connectivity index (χ0n) is 16.6. The van der Waals surface area contributed by atoms with Crippen molar-refractivity contribution in [1.29, 1.82) is 0 Å². The van der Waals surface area contributed by atoms with E-state index in [1.807, 2.05) is 56.3 Å². The number of thiophene rings is 1. The number of aromatic nitrogens is 2. The van der Waals surface area contributed by atoms with E-state index in [0.29, 0.717) is 21.4 Å². The number of carbonyl (C=O) groups is 1. The van der Waals surface area contributed by atoms with Gasteiger partial charge < -0.3 is 4.42 Å². The summed E-state index contributed by atoms with van der Waals surface area (Å²) >= 11 is 4.89. The normalized spacial score (nSPS) is 11.3. The predicted molar refractivity (Wildman–Crippen MR) is 126 cm³/mol. The third kappa shape index (κ3) is 3.28. The number of nitrogens with one attached hydrogen (secondary N) is 1. The molecule has 0 unspecified atom stereocenters. The molecule has 1 amide bonds. The van der Waals surface area contributed by atoms with Crippen LogP contribution in [0.2, 0.25) is 0 Å². The zero-order valence-corrected chi connectivity index (χ0v) is 19.0. The first-order chi connectivity index (χ1) is 14.9. The van der Waals surface area contributed by atoms with E-state index in [0.717, 1.165) is 30.5 Å². The molecule has 0 atom stereocenters. The fraction of sp³-hybridized carbons (Fsp3) is 0.0870. The van der Waals surface area contributed by atoms with Crippen molar-refractivity contribution in [3.63, 3.8) is 0 Å². The van der Waals surface area contributed by atoms with Gasteiger partial charge in [-0.25, -0.2) is 9.66 Å². The van der Waals surface area contributed by atoms with Gasteiger partial charge in [-0.2, -0.15) is 0 Å². The number of amides is 1. The number of nitrogens with zero attached hydrogens (tertiary/aromatic N) is 2. The van der Waals surface area contributed by atoms with Crippen LogP contribution in [-0.2, 0) is 0 Å². The van der Waals surface area contributed by atoms with Crippen LogP contribution in [-0.4, -0.2) is 15.6 Å². The summed E-state index contributed by atoms with van der Waals surface area (Å²) in [5.74, 6) is -0.355. The summed E-state index contributed by atoms with van der Waals surface area (Å²) in [6.45, 7) is 3.78. The second-order valence-corrected chi connectivity index (χ2v) is 9.26. The summed E-state index contributed by atoms with van der Waals surface area (Å²) in [6.07, 6.45) is 1.34. The highest BCUT2D eigenvalue weighted by Gasteiger charge is 2.21. The molecule has 0 aliphatic rings. The molecule has 3 heterocycles. The minimum Gasteiger partial charge on any atom is -0.451 e. The molecule has 0 spiro atoms. The maximum atomic E-state index is 13.3. The van der Waals surface area contributed by atoms with Gasteiger partial charge in [0.1, 0.15) is 16.7 Å². The number of hydrogen-bond donors (Lipinski definition) is 1. The van der Waals surface area contributed by atoms with Crippen molar-refractivity contribution in [2.75, 3.05) is 5.43 Å². The average molecular weight is 494 g/mol. The molecule has 5 rings (SSSR count). The molecule has 31 heavy (non-hydrogen) atoms. The zero-order chi connectivity index (χ0) is 21.7. The monoisotopic (exact) mass is 493 g/mol. The average Bonchev–Trinajstić information content (AvgIpc) is 3.27. The van der Waals surface area contributed by atoms with Gasteiger partial charge in [0.15, 0.2) is 5.76 Å². The summed E-state index contributed by atoms with van der Waals surface area (Å²) in [5.41, 5.74) is 5.37. The third-order valence-corrected chi connectivity index (χ3v) is 6.68. The van der Waals surface area contributed by atoms with Crippen molar-refractivity contribution in [2.24, 2.45) is 0 Å². The van der Waals surface area contributed by atoms with Crippen LogP contribution in [0.1, 0.15) is 21.0 Å². The second-order valence-electron chi connectivity index (χ2n) is 7.14. The Morgan fingerprint density at radius 3 is 2.71 bits per heavy atom. The Morgan fingerprint density at radius 2 is 1.94 bits per heavy atom. The van der Waals surface area contributed by atoms with E-state index in [4.69, 9.17) is 4.42 Å². The summed E-state index contributed by atoms with van der Waals surface area (Å²) in [4.78, 5) is 32.3. The summed E-state index contributed by atoms with van der Waals surface area (Å²) in [6, 6.07) is 15.2. The predicted octanol–water partition coefficient (Wildman–Crippen LogP) is 5.63. The largest absolute Gasteiger partial charge is 0.451 e. The number of benzene rings is 2. The van der Waals surface area contributed by atoms with Crippen LogP contribution in [0.3, 0.4) is 0 Å². The van der Waals surface area contributed by atoms with E-state index >= 15 is 0 Å². The molecule has 3 aromatic heterocycles. The Kier molecular flexibility index (Phi) is 4.75. The van der Waals surface area contributed by atoms with Gasteiger partial charge >= 0.3 is 5.91 Å². The molecule has 154 valence electrons. The second kappa shape index (κ2) is 7.47. The van der Waals surface area contributed by atoms with Crippen LogP contribution >= 0.6 is 27.3 Å². The van der Waals surface area contributed by atoms with E-state index in [1.54, 1.807) is 6.07 Å². The molecular weight excluding hydrogens is 478 g/mol. The van der Waals surface area contributed by atoms with Gasteiger partial charge in [0.25, 0.3) is 5.56 Å². The van der Waals surface area contributed by atoms with E-state index in [-0.39, 0.29) is 11.3 Å². The number of rotatable bonds is 3. The Balaban J connectivity index is 1.59. The van der Waals surface area contributed by atoms with Crippen molar-refractivity contribution in [1.82, 2.24) is 9.66 Å². The van der Waals surface area contributed by atoms with Gasteiger partial charge in [-0.15, -0.1) is 11.3 Å². The fourth-order valence-corrected chi connectivity index (χ4v) is 5.07. The van der Waals surface area contributed by atoms with Gasteiger partial charge in [-0.05, 0) is 37.6 Å². The maximum absolute atomic E-state index is 13.3. The summed E-state index contributed by atoms with van der Waals surface area (Å²) in [5, 5.41) is 1.32. The number of furan rings is 1. The molecule has 0 bridgehead atoms. The lowest BCUT2D eigenvalue weighted by molar-refractivity contribution is 0.0982. The molecule has 1 N–H and O–H groups in total. The molecule has 0 radical (unpaired) electrons. The van der Waals surface area contributed by atoms with Gasteiger partial charge in [-0.1, -0.05) is 46.3 Å². The van der Waals surface area contributed by atoms with Crippen LogP contribution in [0.25, 0.3) is 32.3 Å². The van der Waals surface area contributed by atoms with Gasteiger partial charge in [-0.3, -0.25) is 15.0 Å². The molecule has 2 aromatic carbocycles. The molecule has 0 aliphatic heterocycles. The van der Waals surface area contributed by atoms with Crippen LogP contribution in [0.4, 0.5) is 0 Å². The lowest BCUT2D eigenvalue weighted by Crippen LogP contribution is -2.33. The van der Waals surface area contributed by atoms with Crippen molar-refractivity contribution >= 4 is 54.4 Å². The fourth-order valence-electron chi connectivity index (χ4n) is 3.70. The SMILES string of the molecule is Cc1sc2ncn(NC(=O)c3oc4ccc(Br)cc4c3C)c(=O)c2c1-c1ccccc1. The number of aryl methyl sites for hydroxylation is 2. The Morgan fingerprint density at radius 1 is 1.16 bits per heavy atom. The lowest BCUT2D eigenvalue weighted by Gasteiger charge is -2.07. The first-order valence-corrected chi connectivity index (χ1v) is 11.1. The molecule has 0 aliphatic carbocycles. The number of fused-ring (bicyclic) bond motifs is 2. The standard InChI is InChI=1S/C23H16BrN3O3S/c1-12-16-10-15(24)8-9-17(16)30-20(12)21(28)26-27-11-25-22-19(23(27)29)18(13(2)31-22)14-6-4-3-5-7-14/h3-11H,1-2H3,(H,26,28). The van der Waals surface area contributed by atoms with Crippen LogP contribution in [0.5, 0.6) is 0 Å². The Hall–Kier alpha value is -3.23.